The van der Waals surface area contributed by atoms with Crippen molar-refractivity contribution in [2.45, 2.75) is 103 Å². The lowest BCUT2D eigenvalue weighted by Crippen LogP contribution is -2.45. The van der Waals surface area contributed by atoms with E-state index in [1.54, 1.807) is 0 Å². The Kier molecular flexibility index (Phi) is 14.4. The molecule has 0 aromatic heterocycles. The highest BCUT2D eigenvalue weighted by Gasteiger charge is 2.09. The summed E-state index contributed by atoms with van der Waals surface area (Å²) in [6, 6.07) is 0. The van der Waals surface area contributed by atoms with Crippen LogP contribution in [0, 0.1) is 5.92 Å². The molecular formula is C19H42N2O. The molecule has 0 aliphatic rings. The molecule has 0 spiro atoms. The van der Waals surface area contributed by atoms with Gasteiger partial charge in [0.1, 0.15) is 0 Å². The summed E-state index contributed by atoms with van der Waals surface area (Å²) in [4.78, 5) is 0. The van der Waals surface area contributed by atoms with Gasteiger partial charge >= 0.3 is 0 Å². The van der Waals surface area contributed by atoms with Crippen molar-refractivity contribution in [3.63, 3.8) is 0 Å². The first-order chi connectivity index (χ1) is 10.4. The maximum absolute atomic E-state index is 5.73. The molecule has 0 amide bonds. The summed E-state index contributed by atoms with van der Waals surface area (Å²) in [5, 5.41) is 0. The number of unbranched alkanes of at least 4 members (excludes halogenated alkanes) is 8. The van der Waals surface area contributed by atoms with Crippen molar-refractivity contribution < 1.29 is 4.74 Å². The van der Waals surface area contributed by atoms with E-state index in [9.17, 15) is 0 Å². The summed E-state index contributed by atoms with van der Waals surface area (Å²) in [6.45, 7) is 8.27. The van der Waals surface area contributed by atoms with Gasteiger partial charge in [0, 0.05) is 13.2 Å². The Balaban J connectivity index is 3.03. The van der Waals surface area contributed by atoms with Crippen LogP contribution in [0.4, 0.5) is 0 Å². The Bertz CT molecular complexity index is 224. The topological polar surface area (TPSA) is 61.3 Å². The third-order valence-electron chi connectivity index (χ3n) is 4.07. The first-order valence-corrected chi connectivity index (χ1v) is 9.57. The molecule has 0 aliphatic carbocycles. The minimum absolute atomic E-state index is 0.519. The van der Waals surface area contributed by atoms with Gasteiger partial charge < -0.3 is 16.2 Å². The molecule has 0 bridgehead atoms. The SMILES string of the molecule is CC(C)CCCCCCCCCCOCCCCC(C)(N)N. The second kappa shape index (κ2) is 14.5. The fourth-order valence-electron chi connectivity index (χ4n) is 2.63. The van der Waals surface area contributed by atoms with E-state index in [0.29, 0.717) is 0 Å². The second-order valence-electron chi connectivity index (χ2n) is 7.59. The average Bonchev–Trinajstić information content (AvgIpc) is 2.41. The van der Waals surface area contributed by atoms with Crippen LogP contribution in [0.2, 0.25) is 0 Å². The molecule has 0 aliphatic heterocycles. The molecule has 4 N–H and O–H groups in total. The Hall–Kier alpha value is -0.120. The van der Waals surface area contributed by atoms with Gasteiger partial charge in [0.05, 0.1) is 5.66 Å². The van der Waals surface area contributed by atoms with Crippen LogP contribution in [0.25, 0.3) is 0 Å². The summed E-state index contributed by atoms with van der Waals surface area (Å²) < 4.78 is 5.65. The van der Waals surface area contributed by atoms with E-state index in [0.717, 1.165) is 38.4 Å². The molecule has 0 atom stereocenters. The highest BCUT2D eigenvalue weighted by Crippen LogP contribution is 2.12. The van der Waals surface area contributed by atoms with Crippen LogP contribution in [0.15, 0.2) is 0 Å². The zero-order valence-corrected chi connectivity index (χ0v) is 15.5. The van der Waals surface area contributed by atoms with E-state index in [4.69, 9.17) is 16.2 Å². The highest BCUT2D eigenvalue weighted by atomic mass is 16.5. The smallest absolute Gasteiger partial charge is 0.0607 e. The summed E-state index contributed by atoms with van der Waals surface area (Å²) in [7, 11) is 0. The molecule has 3 nitrogen and oxygen atoms in total. The maximum Gasteiger partial charge on any atom is 0.0607 e. The van der Waals surface area contributed by atoms with Gasteiger partial charge in [-0.2, -0.15) is 0 Å². The predicted octanol–water partition coefficient (Wildman–Crippen LogP) is 4.97. The van der Waals surface area contributed by atoms with E-state index in [1.807, 2.05) is 6.92 Å². The molecule has 0 unspecified atom stereocenters. The molecule has 0 aromatic carbocycles. The molecule has 0 rings (SSSR count). The van der Waals surface area contributed by atoms with Crippen molar-refractivity contribution in [1.29, 1.82) is 0 Å². The van der Waals surface area contributed by atoms with E-state index in [1.165, 1.54) is 57.8 Å². The standard InChI is InChI=1S/C19H42N2O/c1-18(2)14-10-8-6-4-5-7-9-12-16-22-17-13-11-15-19(3,20)21/h18H,4-17,20-21H2,1-3H3. The van der Waals surface area contributed by atoms with Crippen LogP contribution in [0.5, 0.6) is 0 Å². The van der Waals surface area contributed by atoms with Crippen LogP contribution in [-0.4, -0.2) is 18.9 Å². The van der Waals surface area contributed by atoms with E-state index >= 15 is 0 Å². The fraction of sp³-hybridized carbons (Fsp3) is 1.00. The summed E-state index contributed by atoms with van der Waals surface area (Å²) >= 11 is 0. The minimum atomic E-state index is -0.519. The van der Waals surface area contributed by atoms with Crippen molar-refractivity contribution in [1.82, 2.24) is 0 Å². The molecule has 0 saturated carbocycles. The quantitative estimate of drug-likeness (QED) is 0.312. The van der Waals surface area contributed by atoms with Gasteiger partial charge in [0.25, 0.3) is 0 Å². The first-order valence-electron chi connectivity index (χ1n) is 9.57. The molecule has 134 valence electrons. The van der Waals surface area contributed by atoms with Crippen molar-refractivity contribution in [2.75, 3.05) is 13.2 Å². The van der Waals surface area contributed by atoms with Crippen molar-refractivity contribution in [2.24, 2.45) is 17.4 Å². The molecule has 0 aromatic rings. The average molecular weight is 315 g/mol. The number of rotatable bonds is 16. The van der Waals surface area contributed by atoms with Crippen LogP contribution < -0.4 is 11.5 Å². The van der Waals surface area contributed by atoms with Crippen LogP contribution in [-0.2, 0) is 4.74 Å². The van der Waals surface area contributed by atoms with Crippen molar-refractivity contribution >= 4 is 0 Å². The third-order valence-corrected chi connectivity index (χ3v) is 4.07. The van der Waals surface area contributed by atoms with Crippen molar-refractivity contribution in [3.8, 4) is 0 Å². The van der Waals surface area contributed by atoms with Gasteiger partial charge in [0.2, 0.25) is 0 Å². The lowest BCUT2D eigenvalue weighted by atomic mass is 10.0. The summed E-state index contributed by atoms with van der Waals surface area (Å²) in [5.41, 5.74) is 10.9. The van der Waals surface area contributed by atoms with Gasteiger partial charge in [-0.05, 0) is 38.5 Å². The molecule has 0 radical (unpaired) electrons. The molecule has 22 heavy (non-hydrogen) atoms. The van der Waals surface area contributed by atoms with Gasteiger partial charge in [-0.3, -0.25) is 0 Å². The first kappa shape index (κ1) is 21.9. The monoisotopic (exact) mass is 314 g/mol. The number of ether oxygens (including phenoxy) is 1. The van der Waals surface area contributed by atoms with Gasteiger partial charge in [-0.15, -0.1) is 0 Å². The van der Waals surface area contributed by atoms with Crippen LogP contribution >= 0.6 is 0 Å². The highest BCUT2D eigenvalue weighted by molar-refractivity contribution is 4.68. The zero-order chi connectivity index (χ0) is 16.7. The molecule has 0 saturated heterocycles. The largest absolute Gasteiger partial charge is 0.381 e. The normalized spacial score (nSPS) is 12.3. The van der Waals surface area contributed by atoms with Crippen LogP contribution in [0.1, 0.15) is 97.8 Å². The minimum Gasteiger partial charge on any atom is -0.381 e. The number of nitrogens with two attached hydrogens (primary N) is 2. The Morgan fingerprint density at radius 1 is 0.727 bits per heavy atom. The Labute approximate surface area is 139 Å². The molecule has 0 fully saturated rings. The maximum atomic E-state index is 5.73. The molecular weight excluding hydrogens is 272 g/mol. The Morgan fingerprint density at radius 3 is 1.68 bits per heavy atom. The summed E-state index contributed by atoms with van der Waals surface area (Å²) in [6.07, 6.45) is 15.3. The van der Waals surface area contributed by atoms with E-state index in [2.05, 4.69) is 13.8 Å². The predicted molar refractivity (Wildman–Crippen MR) is 97.8 cm³/mol. The van der Waals surface area contributed by atoms with Gasteiger partial charge in [0.15, 0.2) is 0 Å². The molecule has 0 heterocycles. The lowest BCUT2D eigenvalue weighted by molar-refractivity contribution is 0.124. The molecule has 3 heteroatoms. The van der Waals surface area contributed by atoms with Crippen molar-refractivity contribution in [3.05, 3.63) is 0 Å². The fourth-order valence-corrected chi connectivity index (χ4v) is 2.63. The van der Waals surface area contributed by atoms with Gasteiger partial charge in [-0.1, -0.05) is 65.2 Å². The Morgan fingerprint density at radius 2 is 1.18 bits per heavy atom. The number of hydrogen-bond donors (Lipinski definition) is 2. The van der Waals surface area contributed by atoms with E-state index < -0.39 is 5.66 Å². The van der Waals surface area contributed by atoms with Gasteiger partial charge in [-0.25, -0.2) is 0 Å². The van der Waals surface area contributed by atoms with E-state index in [-0.39, 0.29) is 0 Å². The summed E-state index contributed by atoms with van der Waals surface area (Å²) in [5.74, 6) is 0.870. The third kappa shape index (κ3) is 19.9. The second-order valence-corrected chi connectivity index (χ2v) is 7.59. The lowest BCUT2D eigenvalue weighted by Gasteiger charge is -2.17. The van der Waals surface area contributed by atoms with Crippen LogP contribution in [0.3, 0.4) is 0 Å². The number of hydrogen-bond acceptors (Lipinski definition) is 3. The zero-order valence-electron chi connectivity index (χ0n) is 15.5.